The van der Waals surface area contributed by atoms with Gasteiger partial charge in [0.15, 0.2) is 11.5 Å². The summed E-state index contributed by atoms with van der Waals surface area (Å²) in [4.78, 5) is 17.9. The predicted octanol–water partition coefficient (Wildman–Crippen LogP) is 5.28. The molecule has 1 aliphatic heterocycles. The molecule has 1 aliphatic carbocycles. The van der Waals surface area contributed by atoms with E-state index in [1.54, 1.807) is 0 Å². The fourth-order valence-corrected chi connectivity index (χ4v) is 4.15. The van der Waals surface area contributed by atoms with E-state index < -0.39 is 5.41 Å². The number of aromatic nitrogens is 1. The Labute approximate surface area is 174 Å². The van der Waals surface area contributed by atoms with E-state index in [2.05, 4.69) is 0 Å². The Balaban J connectivity index is 1.37. The second kappa shape index (κ2) is 6.89. The number of aryl methyl sites for hydroxylation is 1. The summed E-state index contributed by atoms with van der Waals surface area (Å²) in [6.07, 6.45) is 2.07. The Morgan fingerprint density at radius 3 is 2.52 bits per heavy atom. The van der Waals surface area contributed by atoms with Crippen molar-refractivity contribution < 1.29 is 14.3 Å². The summed E-state index contributed by atoms with van der Waals surface area (Å²) < 4.78 is 10.9. The normalized spacial score (nSPS) is 15.9. The highest BCUT2D eigenvalue weighted by molar-refractivity contribution is 6.30. The van der Waals surface area contributed by atoms with Crippen molar-refractivity contribution in [2.24, 2.45) is 0 Å². The molecule has 0 atom stereocenters. The number of hydrogen-bond donors (Lipinski definition) is 0. The average Bonchev–Trinajstić information content (AvgIpc) is 3.40. The highest BCUT2D eigenvalue weighted by Crippen LogP contribution is 2.51. The van der Waals surface area contributed by atoms with Gasteiger partial charge in [-0.15, -0.1) is 0 Å². The summed E-state index contributed by atoms with van der Waals surface area (Å²) >= 11 is 5.98. The van der Waals surface area contributed by atoms with Gasteiger partial charge in [0, 0.05) is 28.4 Å². The predicted molar refractivity (Wildman–Crippen MR) is 112 cm³/mol. The molecule has 5 rings (SSSR count). The Morgan fingerprint density at radius 1 is 1.03 bits per heavy atom. The van der Waals surface area contributed by atoms with E-state index in [0.29, 0.717) is 11.4 Å². The van der Waals surface area contributed by atoms with Gasteiger partial charge in [0.25, 0.3) is 0 Å². The smallest absolute Gasteiger partial charge is 0.231 e. The van der Waals surface area contributed by atoms with Gasteiger partial charge in [-0.1, -0.05) is 35.9 Å². The maximum absolute atomic E-state index is 13.2. The molecule has 0 spiro atoms. The molecule has 1 fully saturated rings. The van der Waals surface area contributed by atoms with Crippen molar-refractivity contribution >= 4 is 17.4 Å². The van der Waals surface area contributed by atoms with E-state index in [9.17, 15) is 4.79 Å². The molecule has 0 radical (unpaired) electrons. The number of ketones is 1. The molecule has 0 amide bonds. The van der Waals surface area contributed by atoms with E-state index in [0.717, 1.165) is 52.4 Å². The SMILES string of the molecule is Cc1nc(CC(=O)C2(c3ccc4c(c3)OCO4)CC2)ccc1-c1ccc(Cl)cc1. The lowest BCUT2D eigenvalue weighted by atomic mass is 9.88. The van der Waals surface area contributed by atoms with E-state index in [1.807, 2.05) is 61.5 Å². The minimum atomic E-state index is -0.411. The Morgan fingerprint density at radius 2 is 1.79 bits per heavy atom. The maximum Gasteiger partial charge on any atom is 0.231 e. The molecule has 1 saturated carbocycles. The number of carbonyl (C=O) groups is 1. The average molecular weight is 406 g/mol. The summed E-state index contributed by atoms with van der Waals surface area (Å²) in [7, 11) is 0. The quantitative estimate of drug-likeness (QED) is 0.579. The summed E-state index contributed by atoms with van der Waals surface area (Å²) in [5.74, 6) is 1.68. The third-order valence-corrected chi connectivity index (χ3v) is 6.10. The van der Waals surface area contributed by atoms with Crippen LogP contribution in [-0.4, -0.2) is 17.6 Å². The minimum absolute atomic E-state index is 0.211. The zero-order valence-corrected chi connectivity index (χ0v) is 16.8. The number of carbonyl (C=O) groups excluding carboxylic acids is 1. The second-order valence-corrected chi connectivity index (χ2v) is 8.13. The topological polar surface area (TPSA) is 48.4 Å². The van der Waals surface area contributed by atoms with Crippen LogP contribution < -0.4 is 9.47 Å². The molecular formula is C24H20ClNO3. The monoisotopic (exact) mass is 405 g/mol. The molecular weight excluding hydrogens is 386 g/mol. The van der Waals surface area contributed by atoms with Crippen LogP contribution in [0, 0.1) is 6.92 Å². The standard InChI is InChI=1S/C24H20ClNO3/c1-15-20(16-2-5-18(25)6-3-16)8-7-19(26-15)13-23(27)24(10-11-24)17-4-9-21-22(12-17)29-14-28-21/h2-9,12H,10-11,13-14H2,1H3. The van der Waals surface area contributed by atoms with Crippen LogP contribution in [0.1, 0.15) is 29.8 Å². The molecule has 2 aliphatic rings. The van der Waals surface area contributed by atoms with Gasteiger partial charge < -0.3 is 9.47 Å². The van der Waals surface area contributed by atoms with Gasteiger partial charge in [-0.2, -0.15) is 0 Å². The summed E-state index contributed by atoms with van der Waals surface area (Å²) in [5, 5.41) is 0.708. The third-order valence-electron chi connectivity index (χ3n) is 5.85. The zero-order valence-electron chi connectivity index (χ0n) is 16.1. The van der Waals surface area contributed by atoms with E-state index >= 15 is 0 Å². The first-order valence-electron chi connectivity index (χ1n) is 9.71. The van der Waals surface area contributed by atoms with E-state index in [-0.39, 0.29) is 12.6 Å². The third kappa shape index (κ3) is 3.28. The lowest BCUT2D eigenvalue weighted by Gasteiger charge is -2.15. The second-order valence-electron chi connectivity index (χ2n) is 7.69. The molecule has 2 heterocycles. The van der Waals surface area contributed by atoms with Crippen LogP contribution in [0.15, 0.2) is 54.6 Å². The highest BCUT2D eigenvalue weighted by atomic mass is 35.5. The first-order valence-corrected chi connectivity index (χ1v) is 10.1. The van der Waals surface area contributed by atoms with Crippen LogP contribution in [0.4, 0.5) is 0 Å². The van der Waals surface area contributed by atoms with Crippen molar-refractivity contribution in [1.82, 2.24) is 4.98 Å². The van der Waals surface area contributed by atoms with E-state index in [1.165, 1.54) is 0 Å². The molecule has 29 heavy (non-hydrogen) atoms. The molecule has 5 heteroatoms. The van der Waals surface area contributed by atoms with Crippen molar-refractivity contribution in [3.8, 4) is 22.6 Å². The zero-order chi connectivity index (χ0) is 20.0. The van der Waals surface area contributed by atoms with Crippen LogP contribution in [0.25, 0.3) is 11.1 Å². The molecule has 0 bridgehead atoms. The minimum Gasteiger partial charge on any atom is -0.454 e. The van der Waals surface area contributed by atoms with Crippen molar-refractivity contribution in [3.63, 3.8) is 0 Å². The number of halogens is 1. The van der Waals surface area contributed by atoms with Crippen molar-refractivity contribution in [1.29, 1.82) is 0 Å². The number of Topliss-reactive ketones (excluding diaryl/α,β-unsaturated/α-hetero) is 1. The molecule has 0 saturated heterocycles. The van der Waals surface area contributed by atoms with Gasteiger partial charge in [0.05, 0.1) is 5.41 Å². The van der Waals surface area contributed by atoms with Crippen molar-refractivity contribution in [2.75, 3.05) is 6.79 Å². The lowest BCUT2D eigenvalue weighted by molar-refractivity contribution is -0.120. The lowest BCUT2D eigenvalue weighted by Crippen LogP contribution is -2.23. The number of ether oxygens (including phenoxy) is 2. The van der Waals surface area contributed by atoms with Gasteiger partial charge in [0.2, 0.25) is 6.79 Å². The number of benzene rings is 2. The molecule has 0 N–H and O–H groups in total. The van der Waals surface area contributed by atoms with Crippen LogP contribution >= 0.6 is 11.6 Å². The van der Waals surface area contributed by atoms with Crippen LogP contribution in [0.5, 0.6) is 11.5 Å². The van der Waals surface area contributed by atoms with Crippen molar-refractivity contribution in [2.45, 2.75) is 31.6 Å². The number of pyridine rings is 1. The molecule has 3 aromatic rings. The fraction of sp³-hybridized carbons (Fsp3) is 0.250. The van der Waals surface area contributed by atoms with Crippen LogP contribution in [-0.2, 0) is 16.6 Å². The first-order chi connectivity index (χ1) is 14.0. The Kier molecular flexibility index (Phi) is 4.32. The van der Waals surface area contributed by atoms with Gasteiger partial charge in [-0.3, -0.25) is 9.78 Å². The largest absolute Gasteiger partial charge is 0.454 e. The number of rotatable bonds is 5. The Hall–Kier alpha value is -2.85. The Bertz CT molecular complexity index is 1100. The molecule has 1 aromatic heterocycles. The van der Waals surface area contributed by atoms with Gasteiger partial charge in [-0.25, -0.2) is 0 Å². The molecule has 2 aromatic carbocycles. The number of fused-ring (bicyclic) bond motifs is 1. The summed E-state index contributed by atoms with van der Waals surface area (Å²) in [5.41, 5.74) is 4.43. The van der Waals surface area contributed by atoms with Gasteiger partial charge in [0.1, 0.15) is 5.78 Å². The highest BCUT2D eigenvalue weighted by Gasteiger charge is 2.50. The van der Waals surface area contributed by atoms with Crippen LogP contribution in [0.2, 0.25) is 5.02 Å². The van der Waals surface area contributed by atoms with Gasteiger partial charge >= 0.3 is 0 Å². The summed E-state index contributed by atoms with van der Waals surface area (Å²) in [6.45, 7) is 2.21. The molecule has 0 unspecified atom stereocenters. The maximum atomic E-state index is 13.2. The number of hydrogen-bond acceptors (Lipinski definition) is 4. The fourth-order valence-electron chi connectivity index (χ4n) is 4.03. The van der Waals surface area contributed by atoms with Crippen LogP contribution in [0.3, 0.4) is 0 Å². The van der Waals surface area contributed by atoms with Crippen molar-refractivity contribution in [3.05, 3.63) is 76.6 Å². The van der Waals surface area contributed by atoms with Gasteiger partial charge in [-0.05, 0) is 61.2 Å². The summed E-state index contributed by atoms with van der Waals surface area (Å²) in [6, 6.07) is 17.5. The molecule has 146 valence electrons. The first kappa shape index (κ1) is 18.2. The molecule has 4 nitrogen and oxygen atoms in total. The number of nitrogens with zero attached hydrogens (tertiary/aromatic N) is 1. The van der Waals surface area contributed by atoms with E-state index in [4.69, 9.17) is 26.1 Å².